The fourth-order valence-corrected chi connectivity index (χ4v) is 3.36. The Bertz CT molecular complexity index is 430. The van der Waals surface area contributed by atoms with Crippen LogP contribution in [0.2, 0.25) is 0 Å². The van der Waals surface area contributed by atoms with Crippen LogP contribution in [0.4, 0.5) is 4.39 Å². The maximum atomic E-state index is 12.8. The minimum Gasteiger partial charge on any atom is -0.294 e. The third kappa shape index (κ3) is 3.56. The van der Waals surface area contributed by atoms with Crippen molar-refractivity contribution in [3.63, 3.8) is 0 Å². The summed E-state index contributed by atoms with van der Waals surface area (Å²) in [6.45, 7) is 6.69. The Labute approximate surface area is 112 Å². The van der Waals surface area contributed by atoms with Gasteiger partial charge in [-0.15, -0.1) is 0 Å². The number of rotatable bonds is 3. The highest BCUT2D eigenvalue weighted by Crippen LogP contribution is 2.29. The molecule has 0 aromatic heterocycles. The average molecular weight is 267 g/mol. The van der Waals surface area contributed by atoms with Crippen molar-refractivity contribution in [2.45, 2.75) is 18.6 Å². The van der Waals surface area contributed by atoms with Crippen molar-refractivity contribution in [2.75, 3.05) is 25.4 Å². The molecule has 0 bridgehead atoms. The van der Waals surface area contributed by atoms with E-state index in [9.17, 15) is 9.18 Å². The van der Waals surface area contributed by atoms with Gasteiger partial charge in [-0.25, -0.2) is 4.39 Å². The van der Waals surface area contributed by atoms with Crippen molar-refractivity contribution in [1.82, 2.24) is 4.90 Å². The Morgan fingerprint density at radius 1 is 1.39 bits per heavy atom. The van der Waals surface area contributed by atoms with Gasteiger partial charge in [0.1, 0.15) is 5.82 Å². The first-order valence-electron chi connectivity index (χ1n) is 6.11. The molecule has 4 heteroatoms. The van der Waals surface area contributed by atoms with Gasteiger partial charge in [-0.2, -0.15) is 11.8 Å². The number of ketones is 1. The first-order valence-corrected chi connectivity index (χ1v) is 7.10. The van der Waals surface area contributed by atoms with Crippen LogP contribution in [0.3, 0.4) is 0 Å². The van der Waals surface area contributed by atoms with Crippen molar-refractivity contribution in [2.24, 2.45) is 0 Å². The third-order valence-electron chi connectivity index (χ3n) is 3.04. The topological polar surface area (TPSA) is 20.3 Å². The van der Waals surface area contributed by atoms with Gasteiger partial charge in [0.25, 0.3) is 0 Å². The van der Waals surface area contributed by atoms with Crippen LogP contribution in [0.1, 0.15) is 24.2 Å². The summed E-state index contributed by atoms with van der Waals surface area (Å²) in [5.74, 6) is 0.823. The molecule has 0 N–H and O–H groups in total. The summed E-state index contributed by atoms with van der Waals surface area (Å²) in [5.41, 5.74) is 0.590. The van der Waals surface area contributed by atoms with E-state index < -0.39 is 0 Å². The minimum absolute atomic E-state index is 0.0673. The number of benzene rings is 1. The molecule has 1 aliphatic rings. The molecule has 1 aromatic carbocycles. The highest BCUT2D eigenvalue weighted by Gasteiger charge is 2.28. The molecule has 0 spiro atoms. The van der Waals surface area contributed by atoms with Crippen LogP contribution < -0.4 is 0 Å². The van der Waals surface area contributed by atoms with Crippen molar-refractivity contribution >= 4 is 17.5 Å². The average Bonchev–Trinajstić information content (AvgIpc) is 2.28. The molecular formula is C14H18FNOS. The number of thioether (sulfide) groups is 1. The maximum absolute atomic E-state index is 12.8. The fourth-order valence-electron chi connectivity index (χ4n) is 2.18. The molecule has 98 valence electrons. The second-order valence-corrected chi connectivity index (χ2v) is 7.05. The molecule has 1 saturated heterocycles. The quantitative estimate of drug-likeness (QED) is 0.785. The van der Waals surface area contributed by atoms with E-state index in [0.717, 1.165) is 18.8 Å². The molecule has 1 aromatic rings. The number of halogens is 1. The third-order valence-corrected chi connectivity index (χ3v) is 4.34. The van der Waals surface area contributed by atoms with Crippen molar-refractivity contribution < 1.29 is 9.18 Å². The summed E-state index contributed by atoms with van der Waals surface area (Å²) < 4.78 is 13.0. The molecular weight excluding hydrogens is 249 g/mol. The Balaban J connectivity index is 1.97. The molecule has 1 aliphatic heterocycles. The molecule has 0 atom stereocenters. The van der Waals surface area contributed by atoms with Crippen LogP contribution in [-0.2, 0) is 0 Å². The standard InChI is InChI=1S/C14H18FNOS/c1-14(2)10-16(7-8-18-14)9-13(17)11-3-5-12(15)6-4-11/h3-6H,7-10H2,1-2H3. The number of hydrogen-bond donors (Lipinski definition) is 0. The summed E-state index contributed by atoms with van der Waals surface area (Å²) in [4.78, 5) is 14.2. The van der Waals surface area contributed by atoms with E-state index in [1.54, 1.807) is 12.1 Å². The summed E-state index contributed by atoms with van der Waals surface area (Å²) in [6.07, 6.45) is 0. The van der Waals surface area contributed by atoms with Crippen LogP contribution >= 0.6 is 11.8 Å². The van der Waals surface area contributed by atoms with Gasteiger partial charge in [0.2, 0.25) is 0 Å². The molecule has 2 rings (SSSR count). The highest BCUT2D eigenvalue weighted by molar-refractivity contribution is 8.00. The molecule has 2 nitrogen and oxygen atoms in total. The van der Waals surface area contributed by atoms with Crippen LogP contribution in [0, 0.1) is 5.82 Å². The maximum Gasteiger partial charge on any atom is 0.176 e. The van der Waals surface area contributed by atoms with Gasteiger partial charge in [-0.1, -0.05) is 0 Å². The van der Waals surface area contributed by atoms with Gasteiger partial charge in [0.15, 0.2) is 5.78 Å². The number of carbonyl (C=O) groups is 1. The lowest BCUT2D eigenvalue weighted by atomic mass is 10.1. The Hall–Kier alpha value is -0.870. The lowest BCUT2D eigenvalue weighted by Gasteiger charge is -2.37. The Kier molecular flexibility index (Phi) is 4.07. The van der Waals surface area contributed by atoms with Crippen molar-refractivity contribution in [3.05, 3.63) is 35.6 Å². The minimum atomic E-state index is -0.304. The predicted octanol–water partition coefficient (Wildman–Crippen LogP) is 2.84. The van der Waals surface area contributed by atoms with E-state index in [4.69, 9.17) is 0 Å². The molecule has 0 aliphatic carbocycles. The number of hydrogen-bond acceptors (Lipinski definition) is 3. The number of nitrogens with zero attached hydrogens (tertiary/aromatic N) is 1. The zero-order valence-corrected chi connectivity index (χ0v) is 11.6. The molecule has 0 amide bonds. The smallest absolute Gasteiger partial charge is 0.176 e. The largest absolute Gasteiger partial charge is 0.294 e. The first-order chi connectivity index (χ1) is 8.46. The number of Topliss-reactive ketones (excluding diaryl/α,β-unsaturated/α-hetero) is 1. The SMILES string of the molecule is CC1(C)CN(CC(=O)c2ccc(F)cc2)CCS1. The van der Waals surface area contributed by atoms with E-state index >= 15 is 0 Å². The van der Waals surface area contributed by atoms with Crippen LogP contribution in [0.15, 0.2) is 24.3 Å². The van der Waals surface area contributed by atoms with Crippen LogP contribution in [0.25, 0.3) is 0 Å². The highest BCUT2D eigenvalue weighted by atomic mass is 32.2. The van der Waals surface area contributed by atoms with Gasteiger partial charge in [0.05, 0.1) is 6.54 Å². The van der Waals surface area contributed by atoms with Gasteiger partial charge in [-0.05, 0) is 38.1 Å². The molecule has 1 heterocycles. The lowest BCUT2D eigenvalue weighted by Crippen LogP contribution is -2.45. The van der Waals surface area contributed by atoms with Crippen molar-refractivity contribution in [1.29, 1.82) is 0 Å². The first kappa shape index (κ1) is 13.6. The van der Waals surface area contributed by atoms with Crippen LogP contribution in [-0.4, -0.2) is 40.8 Å². The predicted molar refractivity (Wildman–Crippen MR) is 73.7 cm³/mol. The van der Waals surface area contributed by atoms with Gasteiger partial charge in [0, 0.05) is 29.2 Å². The van der Waals surface area contributed by atoms with Gasteiger partial charge >= 0.3 is 0 Å². The summed E-state index contributed by atoms with van der Waals surface area (Å²) in [5, 5.41) is 0. The van der Waals surface area contributed by atoms with E-state index in [2.05, 4.69) is 18.7 Å². The summed E-state index contributed by atoms with van der Waals surface area (Å²) in [7, 11) is 0. The zero-order chi connectivity index (χ0) is 13.2. The van der Waals surface area contributed by atoms with Gasteiger partial charge in [-0.3, -0.25) is 9.69 Å². The molecule has 0 saturated carbocycles. The molecule has 18 heavy (non-hydrogen) atoms. The molecule has 0 radical (unpaired) electrons. The van der Waals surface area contributed by atoms with Crippen molar-refractivity contribution in [3.8, 4) is 0 Å². The molecule has 0 unspecified atom stereocenters. The molecule has 1 fully saturated rings. The summed E-state index contributed by atoms with van der Waals surface area (Å²) in [6, 6.07) is 5.79. The normalized spacial score (nSPS) is 19.7. The summed E-state index contributed by atoms with van der Waals surface area (Å²) >= 11 is 1.95. The fraction of sp³-hybridized carbons (Fsp3) is 0.500. The second-order valence-electron chi connectivity index (χ2n) is 5.25. The van der Waals surface area contributed by atoms with E-state index in [-0.39, 0.29) is 16.3 Å². The Morgan fingerprint density at radius 3 is 2.67 bits per heavy atom. The second kappa shape index (κ2) is 5.41. The lowest BCUT2D eigenvalue weighted by molar-refractivity contribution is 0.0927. The van der Waals surface area contributed by atoms with E-state index in [0.29, 0.717) is 12.1 Å². The Morgan fingerprint density at radius 2 is 2.06 bits per heavy atom. The zero-order valence-electron chi connectivity index (χ0n) is 10.8. The van der Waals surface area contributed by atoms with Gasteiger partial charge < -0.3 is 0 Å². The monoisotopic (exact) mass is 267 g/mol. The van der Waals surface area contributed by atoms with E-state index in [1.807, 2.05) is 11.8 Å². The van der Waals surface area contributed by atoms with Crippen LogP contribution in [0.5, 0.6) is 0 Å². The number of carbonyl (C=O) groups excluding carboxylic acids is 1. The van der Waals surface area contributed by atoms with E-state index in [1.165, 1.54) is 12.1 Å².